The van der Waals surface area contributed by atoms with Gasteiger partial charge in [0.15, 0.2) is 5.65 Å². The van der Waals surface area contributed by atoms with Gasteiger partial charge in [-0.15, -0.1) is 0 Å². The van der Waals surface area contributed by atoms with Crippen molar-refractivity contribution in [2.45, 2.75) is 66.1 Å². The summed E-state index contributed by atoms with van der Waals surface area (Å²) in [6.45, 7) is 11.8. The largest absolute Gasteiger partial charge is 0.463 e. The number of piperidine rings is 1. The number of halogens is 1. The van der Waals surface area contributed by atoms with Crippen LogP contribution in [0.5, 0.6) is 0 Å². The van der Waals surface area contributed by atoms with Crippen LogP contribution < -0.4 is 5.69 Å². The van der Waals surface area contributed by atoms with Gasteiger partial charge in [-0.1, -0.05) is 26.8 Å². The first-order valence-corrected chi connectivity index (χ1v) is 19.1. The SMILES string of the molecule is COC(=O)c1nc(C)c2c(n1)n(C1CCN(CC(C)(C)C)CC1)c(=O)n2-c1ccc(C(=O)N2CCc3c(n(Cc4ccc(C#N)cc4F)c4ncccc34)C2)nc1. The van der Waals surface area contributed by atoms with Crippen LogP contribution in [0.4, 0.5) is 4.39 Å². The highest BCUT2D eigenvalue weighted by Crippen LogP contribution is 2.32. The zero-order valence-corrected chi connectivity index (χ0v) is 32.6. The van der Waals surface area contributed by atoms with Crippen LogP contribution in [0.3, 0.4) is 0 Å². The average molecular weight is 771 g/mol. The van der Waals surface area contributed by atoms with Crippen LogP contribution >= 0.6 is 0 Å². The van der Waals surface area contributed by atoms with Crippen LogP contribution in [0.1, 0.15) is 88.8 Å². The van der Waals surface area contributed by atoms with Gasteiger partial charge in [0.2, 0.25) is 5.82 Å². The number of aryl methyl sites for hydroxylation is 1. The van der Waals surface area contributed by atoms with Gasteiger partial charge in [-0.3, -0.25) is 13.9 Å². The maximum Gasteiger partial charge on any atom is 0.376 e. The number of amides is 1. The fourth-order valence-corrected chi connectivity index (χ4v) is 8.36. The second kappa shape index (κ2) is 14.7. The third-order valence-electron chi connectivity index (χ3n) is 10.9. The third-order valence-corrected chi connectivity index (χ3v) is 10.9. The fourth-order valence-electron chi connectivity index (χ4n) is 8.36. The van der Waals surface area contributed by atoms with E-state index in [1.54, 1.807) is 46.9 Å². The molecule has 0 unspecified atom stereocenters. The van der Waals surface area contributed by atoms with Crippen molar-refractivity contribution in [3.8, 4) is 11.8 Å². The third kappa shape index (κ3) is 6.94. The number of hydrogen-bond donors (Lipinski definition) is 0. The molecule has 15 heteroatoms. The zero-order chi connectivity index (χ0) is 40.2. The van der Waals surface area contributed by atoms with E-state index in [2.05, 4.69) is 45.6 Å². The molecule has 0 saturated carbocycles. The number of benzene rings is 1. The van der Waals surface area contributed by atoms with E-state index in [4.69, 9.17) is 4.74 Å². The summed E-state index contributed by atoms with van der Waals surface area (Å²) in [4.78, 5) is 63.4. The van der Waals surface area contributed by atoms with Crippen molar-refractivity contribution in [3.05, 3.63) is 111 Å². The van der Waals surface area contributed by atoms with Crippen molar-refractivity contribution in [2.24, 2.45) is 5.41 Å². The molecule has 6 aromatic rings. The summed E-state index contributed by atoms with van der Waals surface area (Å²) in [5.41, 5.74) is 4.92. The molecule has 1 amide bonds. The fraction of sp³-hybridized carbons (Fsp3) is 0.381. The highest BCUT2D eigenvalue weighted by molar-refractivity contribution is 5.93. The molecule has 1 saturated heterocycles. The van der Waals surface area contributed by atoms with Gasteiger partial charge in [0.25, 0.3) is 5.91 Å². The molecule has 0 aliphatic carbocycles. The first-order chi connectivity index (χ1) is 27.3. The maximum absolute atomic E-state index is 15.1. The molecule has 0 N–H and O–H groups in total. The number of rotatable bonds is 7. The number of carbonyl (C=O) groups is 2. The van der Waals surface area contributed by atoms with Crippen molar-refractivity contribution >= 4 is 34.1 Å². The molecular weight excluding hydrogens is 728 g/mol. The van der Waals surface area contributed by atoms with Crippen LogP contribution in [0.2, 0.25) is 0 Å². The number of ether oxygens (including phenoxy) is 1. The maximum atomic E-state index is 15.1. The number of imidazole rings is 1. The van der Waals surface area contributed by atoms with Crippen LogP contribution in [-0.2, 0) is 24.2 Å². The number of fused-ring (bicyclic) bond motifs is 4. The van der Waals surface area contributed by atoms with E-state index in [0.717, 1.165) is 49.1 Å². The lowest BCUT2D eigenvalue weighted by molar-refractivity contribution is 0.0586. The van der Waals surface area contributed by atoms with Crippen LogP contribution in [0.25, 0.3) is 27.9 Å². The van der Waals surface area contributed by atoms with Gasteiger partial charge in [0.1, 0.15) is 22.7 Å². The Morgan fingerprint density at radius 1 is 1.04 bits per heavy atom. The molecule has 8 rings (SSSR count). The highest BCUT2D eigenvalue weighted by Gasteiger charge is 2.32. The molecule has 5 aromatic heterocycles. The number of methoxy groups -OCH3 is 1. The van der Waals surface area contributed by atoms with E-state index in [9.17, 15) is 19.6 Å². The van der Waals surface area contributed by atoms with E-state index in [1.165, 1.54) is 23.9 Å². The lowest BCUT2D eigenvalue weighted by Crippen LogP contribution is -2.41. The number of pyridine rings is 2. The first kappa shape index (κ1) is 37.6. The standard InChI is InChI=1S/C42H43FN10O4/c1-25-35-38(48-36(47-25)40(55)57-5)53(28-12-16-49(17-13-28)24-42(2,3)4)41(56)52(35)29-10-11-33(46-21-29)39(54)50-18-14-30-31-7-6-15-45-37(31)51(34(30)23-50)22-27-9-8-26(20-44)19-32(27)43/h6-11,15,19,21,28H,12-14,16-18,22-24H2,1-5H3. The molecule has 2 aliphatic rings. The van der Waals surface area contributed by atoms with Crippen LogP contribution in [0, 0.1) is 29.5 Å². The molecule has 7 heterocycles. The number of carbonyl (C=O) groups excluding carboxylic acids is 2. The minimum atomic E-state index is -0.695. The number of nitrogens with zero attached hydrogens (tertiary/aromatic N) is 10. The number of aromatic nitrogens is 7. The van der Waals surface area contributed by atoms with Gasteiger partial charge >= 0.3 is 11.7 Å². The van der Waals surface area contributed by atoms with Crippen molar-refractivity contribution in [3.63, 3.8) is 0 Å². The van der Waals surface area contributed by atoms with E-state index < -0.39 is 11.8 Å². The van der Waals surface area contributed by atoms with E-state index in [1.807, 2.05) is 22.8 Å². The summed E-state index contributed by atoms with van der Waals surface area (Å²) in [6.07, 6.45) is 5.22. The topological polar surface area (TPSA) is 157 Å². The Kier molecular flexibility index (Phi) is 9.69. The highest BCUT2D eigenvalue weighted by atomic mass is 19.1. The number of hydrogen-bond acceptors (Lipinski definition) is 10. The molecule has 0 radical (unpaired) electrons. The monoisotopic (exact) mass is 770 g/mol. The minimum absolute atomic E-state index is 0.126. The van der Waals surface area contributed by atoms with Crippen molar-refractivity contribution < 1.29 is 18.7 Å². The van der Waals surface area contributed by atoms with Crippen molar-refractivity contribution in [1.82, 2.24) is 43.4 Å². The summed E-state index contributed by atoms with van der Waals surface area (Å²) in [6, 6.07) is 13.4. The van der Waals surface area contributed by atoms with Crippen molar-refractivity contribution in [1.29, 1.82) is 5.26 Å². The molecule has 0 bridgehead atoms. The van der Waals surface area contributed by atoms with Gasteiger partial charge in [0.05, 0.1) is 49.4 Å². The van der Waals surface area contributed by atoms with Crippen molar-refractivity contribution in [2.75, 3.05) is 33.3 Å². The summed E-state index contributed by atoms with van der Waals surface area (Å²) in [5.74, 6) is -1.60. The molecule has 2 aliphatic heterocycles. The predicted octanol–water partition coefficient (Wildman–Crippen LogP) is 5.36. The number of nitriles is 1. The Hall–Kier alpha value is -6.27. The Bertz CT molecular complexity index is 2660. The smallest absolute Gasteiger partial charge is 0.376 e. The van der Waals surface area contributed by atoms with Crippen LogP contribution in [0.15, 0.2) is 59.7 Å². The normalized spacial score (nSPS) is 15.2. The summed E-state index contributed by atoms with van der Waals surface area (Å²) >= 11 is 0. The van der Waals surface area contributed by atoms with E-state index in [-0.39, 0.29) is 53.2 Å². The summed E-state index contributed by atoms with van der Waals surface area (Å²) in [7, 11) is 1.27. The van der Waals surface area contributed by atoms with Crippen LogP contribution in [-0.4, -0.2) is 88.6 Å². The molecular formula is C42H43FN10O4. The Morgan fingerprint density at radius 3 is 2.51 bits per heavy atom. The van der Waals surface area contributed by atoms with Gasteiger partial charge in [-0.2, -0.15) is 5.26 Å². The molecule has 0 atom stereocenters. The van der Waals surface area contributed by atoms with Gasteiger partial charge < -0.3 is 19.1 Å². The second-order valence-electron chi connectivity index (χ2n) is 16.0. The first-order valence-electron chi connectivity index (χ1n) is 19.1. The van der Waals surface area contributed by atoms with E-state index >= 15 is 4.39 Å². The molecule has 57 heavy (non-hydrogen) atoms. The molecule has 1 aromatic carbocycles. The predicted molar refractivity (Wildman–Crippen MR) is 210 cm³/mol. The lowest BCUT2D eigenvalue weighted by atomic mass is 9.94. The lowest BCUT2D eigenvalue weighted by Gasteiger charge is -2.36. The Labute approximate surface area is 328 Å². The zero-order valence-electron chi connectivity index (χ0n) is 32.6. The van der Waals surface area contributed by atoms with Gasteiger partial charge in [0, 0.05) is 55.1 Å². The van der Waals surface area contributed by atoms with Gasteiger partial charge in [-0.05, 0) is 73.6 Å². The summed E-state index contributed by atoms with van der Waals surface area (Å²) in [5, 5.41) is 10.2. The molecule has 1 fully saturated rings. The molecule has 292 valence electrons. The minimum Gasteiger partial charge on any atom is -0.463 e. The number of esters is 1. The van der Waals surface area contributed by atoms with E-state index in [0.29, 0.717) is 46.7 Å². The average Bonchev–Trinajstić information content (AvgIpc) is 3.68. The quantitative estimate of drug-likeness (QED) is 0.194. The summed E-state index contributed by atoms with van der Waals surface area (Å²) < 4.78 is 25.2. The number of likely N-dealkylation sites (tertiary alicyclic amines) is 1. The second-order valence-corrected chi connectivity index (χ2v) is 16.0. The molecule has 14 nitrogen and oxygen atoms in total. The Morgan fingerprint density at radius 2 is 1.82 bits per heavy atom. The Balaban J connectivity index is 1.10. The van der Waals surface area contributed by atoms with Gasteiger partial charge in [-0.25, -0.2) is 33.9 Å². The molecule has 0 spiro atoms.